The number of aryl methyl sites for hydroxylation is 2. The van der Waals surface area contributed by atoms with Crippen LogP contribution in [0.3, 0.4) is 0 Å². The van der Waals surface area contributed by atoms with Gasteiger partial charge in [0.2, 0.25) is 0 Å². The van der Waals surface area contributed by atoms with Crippen LogP contribution in [0.25, 0.3) is 0 Å². The molecule has 0 saturated carbocycles. The summed E-state index contributed by atoms with van der Waals surface area (Å²) in [6.07, 6.45) is 1.16. The molecule has 2 N–H and O–H groups in total. The second-order valence-corrected chi connectivity index (χ2v) is 6.76. The smallest absolute Gasteiger partial charge is 0.0474 e. The molecule has 0 aliphatic carbocycles. The normalized spacial score (nSPS) is 16.9. The molecule has 1 atom stereocenters. The molecule has 0 amide bonds. The van der Waals surface area contributed by atoms with Gasteiger partial charge in [0, 0.05) is 30.6 Å². The van der Waals surface area contributed by atoms with E-state index in [1.165, 1.54) is 22.3 Å². The molecule has 0 saturated heterocycles. The Hall–Kier alpha value is -1.16. The molecule has 0 radical (unpaired) electrons. The third-order valence-corrected chi connectivity index (χ3v) is 5.15. The zero-order valence-electron chi connectivity index (χ0n) is 12.2. The van der Waals surface area contributed by atoms with Gasteiger partial charge in [0.15, 0.2) is 0 Å². The molecule has 2 heterocycles. The quantitative estimate of drug-likeness (QED) is 0.936. The summed E-state index contributed by atoms with van der Waals surface area (Å²) in [5.41, 5.74) is 11.6. The molecule has 0 spiro atoms. The van der Waals surface area contributed by atoms with E-state index in [0.717, 1.165) is 19.5 Å². The van der Waals surface area contributed by atoms with E-state index < -0.39 is 0 Å². The highest BCUT2D eigenvalue weighted by atomic mass is 32.1. The maximum Gasteiger partial charge on any atom is 0.0474 e. The number of benzene rings is 1. The fraction of sp³-hybridized carbons (Fsp3) is 0.412. The van der Waals surface area contributed by atoms with E-state index in [4.69, 9.17) is 5.73 Å². The van der Waals surface area contributed by atoms with E-state index >= 15 is 0 Å². The zero-order chi connectivity index (χ0) is 14.1. The molecule has 106 valence electrons. The SMILES string of the molecule is Cc1cc(C)cc(C(CN)N2CCc3sccc3C2)c1. The predicted octanol–water partition coefficient (Wildman–Crippen LogP) is 3.42. The van der Waals surface area contributed by atoms with Gasteiger partial charge in [0.1, 0.15) is 0 Å². The minimum absolute atomic E-state index is 0.335. The molecule has 0 fully saturated rings. The largest absolute Gasteiger partial charge is 0.329 e. The Morgan fingerprint density at radius 1 is 1.25 bits per heavy atom. The fourth-order valence-corrected chi connectivity index (χ4v) is 4.12. The van der Waals surface area contributed by atoms with Gasteiger partial charge in [0.25, 0.3) is 0 Å². The highest BCUT2D eigenvalue weighted by Gasteiger charge is 2.24. The Morgan fingerprint density at radius 3 is 2.70 bits per heavy atom. The Labute approximate surface area is 125 Å². The van der Waals surface area contributed by atoms with Crippen molar-refractivity contribution in [2.24, 2.45) is 5.73 Å². The Kier molecular flexibility index (Phi) is 3.92. The second-order valence-electron chi connectivity index (χ2n) is 5.76. The topological polar surface area (TPSA) is 29.3 Å². The van der Waals surface area contributed by atoms with Crippen molar-refractivity contribution in [1.29, 1.82) is 0 Å². The van der Waals surface area contributed by atoms with Gasteiger partial charge in [-0.05, 0) is 42.8 Å². The van der Waals surface area contributed by atoms with Crippen LogP contribution in [0.2, 0.25) is 0 Å². The summed E-state index contributed by atoms with van der Waals surface area (Å²) in [7, 11) is 0. The van der Waals surface area contributed by atoms with Crippen molar-refractivity contribution in [3.63, 3.8) is 0 Å². The molecule has 1 unspecified atom stereocenters. The standard InChI is InChI=1S/C17H22N2S/c1-12-7-13(2)9-15(8-12)16(10-18)19-5-3-17-14(11-19)4-6-20-17/h4,6-9,16H,3,5,10-11,18H2,1-2H3. The predicted molar refractivity (Wildman–Crippen MR) is 86.1 cm³/mol. The molecule has 1 aliphatic rings. The minimum atomic E-state index is 0.335. The van der Waals surface area contributed by atoms with Crippen molar-refractivity contribution < 1.29 is 0 Å². The van der Waals surface area contributed by atoms with Crippen molar-refractivity contribution in [2.45, 2.75) is 32.9 Å². The van der Waals surface area contributed by atoms with Crippen LogP contribution in [0.15, 0.2) is 29.6 Å². The van der Waals surface area contributed by atoms with Gasteiger partial charge < -0.3 is 5.73 Å². The fourth-order valence-electron chi connectivity index (χ4n) is 3.23. The van der Waals surface area contributed by atoms with Gasteiger partial charge in [-0.2, -0.15) is 0 Å². The summed E-state index contributed by atoms with van der Waals surface area (Å²) in [5, 5.41) is 2.21. The Balaban J connectivity index is 1.87. The molecule has 1 aromatic carbocycles. The molecule has 3 heteroatoms. The summed E-state index contributed by atoms with van der Waals surface area (Å²) in [4.78, 5) is 4.08. The molecule has 2 nitrogen and oxygen atoms in total. The van der Waals surface area contributed by atoms with E-state index in [2.05, 4.69) is 48.4 Å². The number of nitrogens with two attached hydrogens (primary N) is 1. The lowest BCUT2D eigenvalue weighted by atomic mass is 9.98. The third kappa shape index (κ3) is 2.66. The van der Waals surface area contributed by atoms with Gasteiger partial charge in [0.05, 0.1) is 0 Å². The van der Waals surface area contributed by atoms with E-state index in [1.807, 2.05) is 11.3 Å². The Bertz CT molecular complexity index is 583. The lowest BCUT2D eigenvalue weighted by Gasteiger charge is -2.34. The summed E-state index contributed by atoms with van der Waals surface area (Å²) < 4.78 is 0. The maximum absolute atomic E-state index is 6.09. The summed E-state index contributed by atoms with van der Waals surface area (Å²) in [6.45, 7) is 7.16. The van der Waals surface area contributed by atoms with E-state index in [0.29, 0.717) is 12.6 Å². The molecule has 2 aromatic rings. The van der Waals surface area contributed by atoms with E-state index in [-0.39, 0.29) is 0 Å². The van der Waals surface area contributed by atoms with Crippen molar-refractivity contribution in [1.82, 2.24) is 4.90 Å². The van der Waals surface area contributed by atoms with Crippen LogP contribution in [-0.2, 0) is 13.0 Å². The maximum atomic E-state index is 6.09. The number of nitrogens with zero attached hydrogens (tertiary/aromatic N) is 1. The number of thiophene rings is 1. The van der Waals surface area contributed by atoms with Crippen LogP contribution in [0.1, 0.15) is 33.2 Å². The molecule has 0 bridgehead atoms. The van der Waals surface area contributed by atoms with Crippen LogP contribution in [0, 0.1) is 13.8 Å². The monoisotopic (exact) mass is 286 g/mol. The van der Waals surface area contributed by atoms with Gasteiger partial charge in [-0.3, -0.25) is 4.90 Å². The summed E-state index contributed by atoms with van der Waals surface area (Å²) >= 11 is 1.89. The highest BCUT2D eigenvalue weighted by Crippen LogP contribution is 2.30. The van der Waals surface area contributed by atoms with Gasteiger partial charge in [-0.25, -0.2) is 0 Å². The first-order valence-corrected chi connectivity index (χ1v) is 8.13. The van der Waals surface area contributed by atoms with Crippen LogP contribution < -0.4 is 5.73 Å². The molecule has 1 aliphatic heterocycles. The van der Waals surface area contributed by atoms with Crippen LogP contribution in [0.5, 0.6) is 0 Å². The first kappa shape index (κ1) is 13.8. The minimum Gasteiger partial charge on any atom is -0.329 e. The third-order valence-electron chi connectivity index (χ3n) is 4.13. The molecule has 1 aromatic heterocycles. The summed E-state index contributed by atoms with van der Waals surface area (Å²) in [5.74, 6) is 0. The van der Waals surface area contributed by atoms with Gasteiger partial charge >= 0.3 is 0 Å². The first-order valence-electron chi connectivity index (χ1n) is 7.25. The van der Waals surface area contributed by atoms with Crippen molar-refractivity contribution in [3.05, 3.63) is 56.8 Å². The van der Waals surface area contributed by atoms with Crippen LogP contribution in [0.4, 0.5) is 0 Å². The number of hydrogen-bond acceptors (Lipinski definition) is 3. The van der Waals surface area contributed by atoms with Crippen molar-refractivity contribution in [2.75, 3.05) is 13.1 Å². The van der Waals surface area contributed by atoms with Crippen molar-refractivity contribution in [3.8, 4) is 0 Å². The Morgan fingerprint density at radius 2 is 2.00 bits per heavy atom. The lowest BCUT2D eigenvalue weighted by molar-refractivity contribution is 0.185. The zero-order valence-corrected chi connectivity index (χ0v) is 13.0. The number of fused-ring (bicyclic) bond motifs is 1. The van der Waals surface area contributed by atoms with E-state index in [1.54, 1.807) is 4.88 Å². The average Bonchev–Trinajstić information content (AvgIpc) is 2.86. The van der Waals surface area contributed by atoms with E-state index in [9.17, 15) is 0 Å². The molecular weight excluding hydrogens is 264 g/mol. The summed E-state index contributed by atoms with van der Waals surface area (Å²) in [6, 6.07) is 9.40. The first-order chi connectivity index (χ1) is 9.67. The molecular formula is C17H22N2S. The van der Waals surface area contributed by atoms with Gasteiger partial charge in [-0.1, -0.05) is 29.3 Å². The number of hydrogen-bond donors (Lipinski definition) is 1. The molecule has 3 rings (SSSR count). The second kappa shape index (κ2) is 5.68. The van der Waals surface area contributed by atoms with Crippen LogP contribution in [-0.4, -0.2) is 18.0 Å². The van der Waals surface area contributed by atoms with Crippen molar-refractivity contribution >= 4 is 11.3 Å². The number of rotatable bonds is 3. The highest BCUT2D eigenvalue weighted by molar-refractivity contribution is 7.10. The lowest BCUT2D eigenvalue weighted by Crippen LogP contribution is -2.37. The van der Waals surface area contributed by atoms with Gasteiger partial charge in [-0.15, -0.1) is 11.3 Å². The van der Waals surface area contributed by atoms with Crippen LogP contribution >= 0.6 is 11.3 Å². The molecule has 20 heavy (non-hydrogen) atoms. The average molecular weight is 286 g/mol.